The molecule has 4 rings (SSSR count). The lowest BCUT2D eigenvalue weighted by atomic mass is 9.86. The Hall–Kier alpha value is -2.63. The highest BCUT2D eigenvalue weighted by atomic mass is 79.9. The van der Waals surface area contributed by atoms with Gasteiger partial charge >= 0.3 is 0 Å². The highest BCUT2D eigenvalue weighted by molar-refractivity contribution is 9.10. The number of nitrogens with zero attached hydrogens (tertiary/aromatic N) is 3. The van der Waals surface area contributed by atoms with E-state index >= 15 is 0 Å². The molecular formula is C22H20BrN3O3S. The molecule has 2 aromatic rings. The molecule has 2 aliphatic rings. The molecule has 1 fully saturated rings. The van der Waals surface area contributed by atoms with Gasteiger partial charge in [0.25, 0.3) is 0 Å². The normalized spacial score (nSPS) is 18.7. The van der Waals surface area contributed by atoms with Crippen LogP contribution in [-0.2, 0) is 4.79 Å². The van der Waals surface area contributed by atoms with Gasteiger partial charge in [-0.05, 0) is 42.0 Å². The molecule has 0 unspecified atom stereocenters. The number of halogens is 1. The number of amides is 1. The van der Waals surface area contributed by atoms with Gasteiger partial charge in [0.05, 0.1) is 43.4 Å². The minimum Gasteiger partial charge on any atom is -0.493 e. The van der Waals surface area contributed by atoms with Crippen molar-refractivity contribution in [2.75, 3.05) is 31.7 Å². The second-order valence-corrected chi connectivity index (χ2v) is 8.80. The molecule has 30 heavy (non-hydrogen) atoms. The van der Waals surface area contributed by atoms with Crippen LogP contribution in [-0.4, -0.2) is 37.6 Å². The lowest BCUT2D eigenvalue weighted by Gasteiger charge is -2.42. The Morgan fingerprint density at radius 1 is 1.13 bits per heavy atom. The van der Waals surface area contributed by atoms with Crippen molar-refractivity contribution in [2.24, 2.45) is 0 Å². The van der Waals surface area contributed by atoms with Crippen molar-refractivity contribution in [3.05, 3.63) is 63.1 Å². The number of ether oxygens (including phenoxy) is 2. The smallest absolute Gasteiger partial charge is 0.229 e. The highest BCUT2D eigenvalue weighted by Crippen LogP contribution is 2.44. The molecule has 0 radical (unpaired) electrons. The summed E-state index contributed by atoms with van der Waals surface area (Å²) in [7, 11) is 3.16. The molecule has 8 heteroatoms. The van der Waals surface area contributed by atoms with E-state index in [1.807, 2.05) is 42.5 Å². The van der Waals surface area contributed by atoms with Gasteiger partial charge in [0, 0.05) is 22.5 Å². The van der Waals surface area contributed by atoms with Gasteiger partial charge in [-0.1, -0.05) is 33.8 Å². The number of fused-ring (bicyclic) bond motifs is 1. The van der Waals surface area contributed by atoms with E-state index in [2.05, 4.69) is 26.9 Å². The van der Waals surface area contributed by atoms with Crippen molar-refractivity contribution < 1.29 is 14.3 Å². The molecule has 6 nitrogen and oxygen atoms in total. The van der Waals surface area contributed by atoms with Crippen LogP contribution < -0.4 is 14.4 Å². The van der Waals surface area contributed by atoms with Crippen LogP contribution in [0.5, 0.6) is 11.5 Å². The first-order valence-corrected chi connectivity index (χ1v) is 11.1. The van der Waals surface area contributed by atoms with Crippen molar-refractivity contribution in [2.45, 2.75) is 12.3 Å². The van der Waals surface area contributed by atoms with Crippen molar-refractivity contribution in [3.8, 4) is 17.6 Å². The number of anilines is 1. The van der Waals surface area contributed by atoms with E-state index < -0.39 is 0 Å². The average Bonchev–Trinajstić information content (AvgIpc) is 2.78. The maximum Gasteiger partial charge on any atom is 0.229 e. The molecule has 2 aliphatic heterocycles. The lowest BCUT2D eigenvalue weighted by Crippen LogP contribution is -2.47. The van der Waals surface area contributed by atoms with E-state index in [4.69, 9.17) is 9.47 Å². The van der Waals surface area contributed by atoms with Crippen molar-refractivity contribution in [1.29, 1.82) is 5.26 Å². The van der Waals surface area contributed by atoms with E-state index in [1.165, 1.54) is 11.8 Å². The number of hydrogen-bond donors (Lipinski definition) is 0. The summed E-state index contributed by atoms with van der Waals surface area (Å²) >= 11 is 4.98. The van der Waals surface area contributed by atoms with E-state index in [-0.39, 0.29) is 18.2 Å². The summed E-state index contributed by atoms with van der Waals surface area (Å²) in [5.41, 5.74) is 2.54. The van der Waals surface area contributed by atoms with Crippen molar-refractivity contribution in [1.82, 2.24) is 4.90 Å². The summed E-state index contributed by atoms with van der Waals surface area (Å²) in [6.45, 7) is 0.437. The summed E-state index contributed by atoms with van der Waals surface area (Å²) in [6, 6.07) is 15.9. The number of hydrogen-bond acceptors (Lipinski definition) is 6. The summed E-state index contributed by atoms with van der Waals surface area (Å²) in [5.74, 6) is 1.60. The monoisotopic (exact) mass is 485 g/mol. The molecule has 1 atom stereocenters. The van der Waals surface area contributed by atoms with Gasteiger partial charge in [-0.2, -0.15) is 5.26 Å². The number of rotatable bonds is 4. The molecule has 2 heterocycles. The van der Waals surface area contributed by atoms with Gasteiger partial charge in [-0.15, -0.1) is 0 Å². The Bertz CT molecular complexity index is 1050. The quantitative estimate of drug-likeness (QED) is 0.625. The number of nitriles is 1. The molecular weight excluding hydrogens is 466 g/mol. The fourth-order valence-corrected chi connectivity index (χ4v) is 5.16. The number of carbonyl (C=O) groups excluding carboxylic acids is 1. The molecule has 1 amide bonds. The van der Waals surface area contributed by atoms with E-state index in [0.29, 0.717) is 29.6 Å². The van der Waals surface area contributed by atoms with Crippen LogP contribution >= 0.6 is 27.7 Å². The average molecular weight is 486 g/mol. The van der Waals surface area contributed by atoms with Gasteiger partial charge in [0.2, 0.25) is 5.91 Å². The molecule has 1 saturated heterocycles. The Morgan fingerprint density at radius 2 is 1.87 bits per heavy atom. The Labute approximate surface area is 188 Å². The van der Waals surface area contributed by atoms with Crippen LogP contribution in [0.25, 0.3) is 0 Å². The van der Waals surface area contributed by atoms with Gasteiger partial charge in [0.15, 0.2) is 11.5 Å². The number of thioether (sulfide) groups is 1. The van der Waals surface area contributed by atoms with Gasteiger partial charge in [-0.25, -0.2) is 0 Å². The standard InChI is InChI=1S/C22H20BrN3O3S/c1-28-19-8-3-14(9-20(19)29-2)17-10-21(27)26-12-25(13-30-22(26)18(17)11-24)16-6-4-15(23)5-7-16/h3-9,17H,10,12-13H2,1-2H3/t17-/m0/s1. The van der Waals surface area contributed by atoms with Crippen LogP contribution in [0.2, 0.25) is 0 Å². The minimum absolute atomic E-state index is 0.0121. The van der Waals surface area contributed by atoms with Gasteiger partial charge in [0.1, 0.15) is 0 Å². The molecule has 0 N–H and O–H groups in total. The molecule has 0 bridgehead atoms. The number of benzene rings is 2. The molecule has 0 spiro atoms. The molecule has 0 saturated carbocycles. The first-order valence-electron chi connectivity index (χ1n) is 9.35. The third kappa shape index (κ3) is 3.75. The lowest BCUT2D eigenvalue weighted by molar-refractivity contribution is -0.129. The molecule has 0 aromatic heterocycles. The fraction of sp³-hybridized carbons (Fsp3) is 0.273. The summed E-state index contributed by atoms with van der Waals surface area (Å²) in [6.07, 6.45) is 0.247. The minimum atomic E-state index is -0.291. The topological polar surface area (TPSA) is 65.8 Å². The number of allylic oxidation sites excluding steroid dienone is 1. The highest BCUT2D eigenvalue weighted by Gasteiger charge is 2.38. The molecule has 2 aromatic carbocycles. The molecule has 0 aliphatic carbocycles. The zero-order chi connectivity index (χ0) is 21.3. The first-order chi connectivity index (χ1) is 14.5. The SMILES string of the molecule is COc1ccc([C@@H]2CC(=O)N3CN(c4ccc(Br)cc4)CSC3=C2C#N)cc1OC. The van der Waals surface area contributed by atoms with Crippen molar-refractivity contribution >= 4 is 39.3 Å². The zero-order valence-corrected chi connectivity index (χ0v) is 19.0. The fourth-order valence-electron chi connectivity index (χ4n) is 3.73. The largest absolute Gasteiger partial charge is 0.493 e. The van der Waals surface area contributed by atoms with Crippen LogP contribution in [0.15, 0.2) is 57.5 Å². The summed E-state index contributed by atoms with van der Waals surface area (Å²) in [5, 5.41) is 10.7. The van der Waals surface area contributed by atoms with Crippen LogP contribution in [0.4, 0.5) is 5.69 Å². The first kappa shape index (κ1) is 20.6. The Kier molecular flexibility index (Phi) is 5.93. The summed E-state index contributed by atoms with van der Waals surface area (Å²) in [4.78, 5) is 16.9. The van der Waals surface area contributed by atoms with Crippen LogP contribution in [0, 0.1) is 11.3 Å². The zero-order valence-electron chi connectivity index (χ0n) is 16.6. The number of methoxy groups -OCH3 is 2. The van der Waals surface area contributed by atoms with Gasteiger partial charge in [-0.3, -0.25) is 9.69 Å². The maximum atomic E-state index is 13.1. The summed E-state index contributed by atoms with van der Waals surface area (Å²) < 4.78 is 11.7. The second kappa shape index (κ2) is 8.62. The molecule has 154 valence electrons. The van der Waals surface area contributed by atoms with Crippen molar-refractivity contribution in [3.63, 3.8) is 0 Å². The predicted octanol–water partition coefficient (Wildman–Crippen LogP) is 4.69. The Morgan fingerprint density at radius 3 is 2.53 bits per heavy atom. The maximum absolute atomic E-state index is 13.1. The Balaban J connectivity index is 1.66. The third-order valence-electron chi connectivity index (χ3n) is 5.30. The third-order valence-corrected chi connectivity index (χ3v) is 6.98. The van der Waals surface area contributed by atoms with Gasteiger partial charge < -0.3 is 14.4 Å². The number of carbonyl (C=O) groups is 1. The van der Waals surface area contributed by atoms with E-state index in [9.17, 15) is 10.1 Å². The predicted molar refractivity (Wildman–Crippen MR) is 120 cm³/mol. The van der Waals surface area contributed by atoms with Crippen LogP contribution in [0.3, 0.4) is 0 Å². The van der Waals surface area contributed by atoms with E-state index in [1.54, 1.807) is 19.1 Å². The second-order valence-electron chi connectivity index (χ2n) is 6.95. The van der Waals surface area contributed by atoms with E-state index in [0.717, 1.165) is 20.8 Å². The van der Waals surface area contributed by atoms with Crippen LogP contribution in [0.1, 0.15) is 17.9 Å².